The number of aryl methyl sites for hydroxylation is 2. The molecule has 2 aromatic carbocycles. The van der Waals surface area contributed by atoms with E-state index in [0.29, 0.717) is 16.3 Å². The number of hydrogen-bond donors (Lipinski definition) is 2. The van der Waals surface area contributed by atoms with Gasteiger partial charge in [-0.3, -0.25) is 4.79 Å². The van der Waals surface area contributed by atoms with Gasteiger partial charge >= 0.3 is 0 Å². The molecule has 2 rings (SSSR count). The molecule has 0 saturated carbocycles. The lowest BCUT2D eigenvalue weighted by atomic mass is 10.1. The van der Waals surface area contributed by atoms with Gasteiger partial charge in [0.05, 0.1) is 11.4 Å². The summed E-state index contributed by atoms with van der Waals surface area (Å²) < 4.78 is 26.8. The molecular weight excluding hydrogens is 348 g/mol. The number of hydrogen-bond acceptors (Lipinski definition) is 3. The molecule has 7 heteroatoms. The molecular formula is C17H19ClN2O3S. The SMILES string of the molecule is Cc1cc(S(=O)(=O)NCC(=O)Nc2cccc(C)c2C)ccc1Cl. The number of carbonyl (C=O) groups is 1. The van der Waals surface area contributed by atoms with Gasteiger partial charge in [-0.2, -0.15) is 0 Å². The van der Waals surface area contributed by atoms with E-state index in [0.717, 1.165) is 11.1 Å². The molecule has 0 unspecified atom stereocenters. The molecule has 24 heavy (non-hydrogen) atoms. The lowest BCUT2D eigenvalue weighted by Crippen LogP contribution is -2.33. The van der Waals surface area contributed by atoms with Gasteiger partial charge in [-0.1, -0.05) is 23.7 Å². The first kappa shape index (κ1) is 18.4. The summed E-state index contributed by atoms with van der Waals surface area (Å²) in [5.74, 6) is -0.432. The van der Waals surface area contributed by atoms with Gasteiger partial charge in [-0.15, -0.1) is 0 Å². The molecule has 1 amide bonds. The molecule has 0 bridgehead atoms. The van der Waals surface area contributed by atoms with E-state index in [1.807, 2.05) is 26.0 Å². The number of rotatable bonds is 5. The summed E-state index contributed by atoms with van der Waals surface area (Å²) in [6, 6.07) is 9.93. The number of nitrogens with one attached hydrogen (secondary N) is 2. The number of halogens is 1. The minimum Gasteiger partial charge on any atom is -0.325 e. The Balaban J connectivity index is 2.05. The fourth-order valence-corrected chi connectivity index (χ4v) is 3.29. The number of sulfonamides is 1. The molecule has 0 aliphatic rings. The average Bonchev–Trinajstić information content (AvgIpc) is 2.52. The van der Waals surface area contributed by atoms with Crippen molar-refractivity contribution in [2.24, 2.45) is 0 Å². The number of benzene rings is 2. The van der Waals surface area contributed by atoms with Gasteiger partial charge < -0.3 is 5.32 Å². The molecule has 0 aliphatic carbocycles. The second kappa shape index (κ2) is 7.34. The zero-order valence-electron chi connectivity index (χ0n) is 13.7. The first-order valence-corrected chi connectivity index (χ1v) is 9.18. The van der Waals surface area contributed by atoms with E-state index in [-0.39, 0.29) is 11.4 Å². The van der Waals surface area contributed by atoms with Crippen LogP contribution in [0.2, 0.25) is 5.02 Å². The molecule has 2 aromatic rings. The topological polar surface area (TPSA) is 75.3 Å². The zero-order chi connectivity index (χ0) is 17.9. The minimum absolute atomic E-state index is 0.0731. The van der Waals surface area contributed by atoms with Crippen LogP contribution in [0.25, 0.3) is 0 Å². The van der Waals surface area contributed by atoms with E-state index >= 15 is 0 Å². The van der Waals surface area contributed by atoms with Gasteiger partial charge in [-0.25, -0.2) is 13.1 Å². The van der Waals surface area contributed by atoms with Gasteiger partial charge in [0.15, 0.2) is 0 Å². The lowest BCUT2D eigenvalue weighted by Gasteiger charge is -2.11. The van der Waals surface area contributed by atoms with Crippen molar-refractivity contribution in [3.63, 3.8) is 0 Å². The Bertz CT molecular complexity index is 879. The summed E-state index contributed by atoms with van der Waals surface area (Å²) in [7, 11) is -3.77. The first-order chi connectivity index (χ1) is 11.2. The highest BCUT2D eigenvalue weighted by atomic mass is 35.5. The molecule has 128 valence electrons. The Morgan fingerprint density at radius 3 is 2.46 bits per heavy atom. The third-order valence-electron chi connectivity index (χ3n) is 3.74. The van der Waals surface area contributed by atoms with Gasteiger partial charge in [0.2, 0.25) is 15.9 Å². The van der Waals surface area contributed by atoms with E-state index in [2.05, 4.69) is 10.0 Å². The molecule has 2 N–H and O–H groups in total. The van der Waals surface area contributed by atoms with Crippen molar-refractivity contribution in [3.05, 3.63) is 58.1 Å². The van der Waals surface area contributed by atoms with Crippen molar-refractivity contribution in [1.29, 1.82) is 0 Å². The van der Waals surface area contributed by atoms with Gasteiger partial charge in [0.25, 0.3) is 0 Å². The molecule has 0 aromatic heterocycles. The fraction of sp³-hybridized carbons (Fsp3) is 0.235. The Morgan fingerprint density at radius 1 is 1.08 bits per heavy atom. The Morgan fingerprint density at radius 2 is 1.79 bits per heavy atom. The lowest BCUT2D eigenvalue weighted by molar-refractivity contribution is -0.115. The third kappa shape index (κ3) is 4.35. The maximum Gasteiger partial charge on any atom is 0.241 e. The van der Waals surface area contributed by atoms with Crippen LogP contribution in [0.1, 0.15) is 16.7 Å². The fourth-order valence-electron chi connectivity index (χ4n) is 2.11. The molecule has 0 spiro atoms. The van der Waals surface area contributed by atoms with E-state index < -0.39 is 15.9 Å². The van der Waals surface area contributed by atoms with Crippen LogP contribution in [0, 0.1) is 20.8 Å². The van der Waals surface area contributed by atoms with Crippen molar-refractivity contribution in [1.82, 2.24) is 4.72 Å². The Labute approximate surface area is 147 Å². The minimum atomic E-state index is -3.77. The quantitative estimate of drug-likeness (QED) is 0.853. The molecule has 5 nitrogen and oxygen atoms in total. The standard InChI is InChI=1S/C17H19ClN2O3S/c1-11-5-4-6-16(13(11)3)20-17(21)10-19-24(22,23)14-7-8-15(18)12(2)9-14/h4-9,19H,10H2,1-3H3,(H,20,21). The second-order valence-corrected chi connectivity index (χ2v) is 7.71. The van der Waals surface area contributed by atoms with Gasteiger partial charge in [0, 0.05) is 10.7 Å². The smallest absolute Gasteiger partial charge is 0.241 e. The second-order valence-electron chi connectivity index (χ2n) is 5.53. The third-order valence-corrected chi connectivity index (χ3v) is 5.56. The van der Waals surface area contributed by atoms with Gasteiger partial charge in [0.1, 0.15) is 0 Å². The largest absolute Gasteiger partial charge is 0.325 e. The van der Waals surface area contributed by atoms with E-state index in [1.165, 1.54) is 18.2 Å². The van der Waals surface area contributed by atoms with Crippen LogP contribution in [0.15, 0.2) is 41.3 Å². The van der Waals surface area contributed by atoms with Crippen molar-refractivity contribution in [2.45, 2.75) is 25.7 Å². The van der Waals surface area contributed by atoms with Crippen molar-refractivity contribution in [2.75, 3.05) is 11.9 Å². The molecule has 0 atom stereocenters. The Kier molecular flexibility index (Phi) is 5.64. The average molecular weight is 367 g/mol. The highest BCUT2D eigenvalue weighted by molar-refractivity contribution is 7.89. The van der Waals surface area contributed by atoms with Crippen molar-refractivity contribution in [3.8, 4) is 0 Å². The van der Waals surface area contributed by atoms with Gasteiger partial charge in [-0.05, 0) is 61.7 Å². The predicted octanol–water partition coefficient (Wildman–Crippen LogP) is 3.18. The zero-order valence-corrected chi connectivity index (χ0v) is 15.3. The monoisotopic (exact) mass is 366 g/mol. The molecule has 0 fully saturated rings. The summed E-state index contributed by atoms with van der Waals surface area (Å²) in [5.41, 5.74) is 3.31. The summed E-state index contributed by atoms with van der Waals surface area (Å²) in [6.07, 6.45) is 0. The first-order valence-electron chi connectivity index (χ1n) is 7.32. The highest BCUT2D eigenvalue weighted by Gasteiger charge is 2.16. The summed E-state index contributed by atoms with van der Waals surface area (Å²) in [5, 5.41) is 3.20. The molecule has 0 saturated heterocycles. The van der Waals surface area contributed by atoms with Crippen LogP contribution in [-0.4, -0.2) is 20.9 Å². The Hall–Kier alpha value is -1.89. The summed E-state index contributed by atoms with van der Waals surface area (Å²) >= 11 is 5.90. The highest BCUT2D eigenvalue weighted by Crippen LogP contribution is 2.20. The predicted molar refractivity (Wildman–Crippen MR) is 95.9 cm³/mol. The van der Waals surface area contributed by atoms with E-state index in [4.69, 9.17) is 11.6 Å². The normalized spacial score (nSPS) is 11.3. The maximum atomic E-state index is 12.2. The molecule has 0 radical (unpaired) electrons. The number of amides is 1. The molecule has 0 aliphatic heterocycles. The van der Waals surface area contributed by atoms with E-state index in [9.17, 15) is 13.2 Å². The van der Waals surface area contributed by atoms with Crippen LogP contribution < -0.4 is 10.0 Å². The van der Waals surface area contributed by atoms with Crippen LogP contribution in [-0.2, 0) is 14.8 Å². The van der Waals surface area contributed by atoms with Crippen LogP contribution in [0.3, 0.4) is 0 Å². The van der Waals surface area contributed by atoms with Crippen molar-refractivity contribution >= 4 is 33.2 Å². The summed E-state index contributed by atoms with van der Waals surface area (Å²) in [4.78, 5) is 12.1. The van der Waals surface area contributed by atoms with Crippen LogP contribution >= 0.6 is 11.6 Å². The van der Waals surface area contributed by atoms with Crippen LogP contribution in [0.4, 0.5) is 5.69 Å². The molecule has 0 heterocycles. The number of anilines is 1. The number of carbonyl (C=O) groups excluding carboxylic acids is 1. The maximum absolute atomic E-state index is 12.2. The van der Waals surface area contributed by atoms with Crippen molar-refractivity contribution < 1.29 is 13.2 Å². The van der Waals surface area contributed by atoms with Crippen LogP contribution in [0.5, 0.6) is 0 Å². The van der Waals surface area contributed by atoms with E-state index in [1.54, 1.807) is 13.0 Å². The summed E-state index contributed by atoms with van der Waals surface area (Å²) in [6.45, 7) is 5.20.